The third-order valence-corrected chi connectivity index (χ3v) is 3.58. The molecule has 4 nitrogen and oxygen atoms in total. The molecule has 0 unspecified atom stereocenters. The number of rotatable bonds is 7. The molecule has 0 amide bonds. The molecule has 2 aromatic rings. The number of ether oxygens (including phenoxy) is 1. The van der Waals surface area contributed by atoms with Gasteiger partial charge in [-0.3, -0.25) is 0 Å². The van der Waals surface area contributed by atoms with E-state index in [0.29, 0.717) is 6.61 Å². The fourth-order valence-corrected chi connectivity index (χ4v) is 2.26. The number of imidazole rings is 1. The van der Waals surface area contributed by atoms with Crippen LogP contribution in [-0.4, -0.2) is 29.8 Å². The van der Waals surface area contributed by atoms with Crippen LogP contribution in [0.3, 0.4) is 0 Å². The Morgan fingerprint density at radius 1 is 1.35 bits per heavy atom. The number of aromatic nitrogens is 2. The normalized spacial score (nSPS) is 10.9. The topological polar surface area (TPSA) is 39.1 Å². The van der Waals surface area contributed by atoms with E-state index in [4.69, 9.17) is 16.3 Å². The Balaban J connectivity index is 2.07. The van der Waals surface area contributed by atoms with Gasteiger partial charge in [0.05, 0.1) is 18.8 Å². The molecule has 0 saturated carbocycles. The monoisotopic (exact) mass is 293 g/mol. The summed E-state index contributed by atoms with van der Waals surface area (Å²) in [6, 6.07) is 7.91. The van der Waals surface area contributed by atoms with Crippen molar-refractivity contribution in [3.8, 4) is 0 Å². The standard InChI is InChI=1S/C15H20ClN3O/c1-12-18-10-14(9-17-7-8-20-2)19(12)11-13-5-3-4-6-15(13)16/h3-6,10,17H,7-9,11H2,1-2H3. The molecule has 0 fully saturated rings. The van der Waals surface area contributed by atoms with Gasteiger partial charge in [-0.2, -0.15) is 0 Å². The molecule has 108 valence electrons. The van der Waals surface area contributed by atoms with E-state index in [9.17, 15) is 0 Å². The molecule has 0 radical (unpaired) electrons. The average molecular weight is 294 g/mol. The summed E-state index contributed by atoms with van der Waals surface area (Å²) in [6.07, 6.45) is 1.91. The zero-order chi connectivity index (χ0) is 14.4. The lowest BCUT2D eigenvalue weighted by Crippen LogP contribution is -2.21. The molecular weight excluding hydrogens is 274 g/mol. The first-order chi connectivity index (χ1) is 9.72. The van der Waals surface area contributed by atoms with Crippen molar-refractivity contribution in [2.24, 2.45) is 0 Å². The van der Waals surface area contributed by atoms with E-state index >= 15 is 0 Å². The molecule has 5 heteroatoms. The van der Waals surface area contributed by atoms with Gasteiger partial charge < -0.3 is 14.6 Å². The van der Waals surface area contributed by atoms with Gasteiger partial charge in [-0.1, -0.05) is 29.8 Å². The molecule has 0 atom stereocenters. The predicted octanol–water partition coefficient (Wildman–Crippen LogP) is 2.63. The number of nitrogens with zero attached hydrogens (tertiary/aromatic N) is 2. The molecule has 20 heavy (non-hydrogen) atoms. The van der Waals surface area contributed by atoms with Crippen LogP contribution < -0.4 is 5.32 Å². The van der Waals surface area contributed by atoms with Crippen molar-refractivity contribution < 1.29 is 4.74 Å². The minimum Gasteiger partial charge on any atom is -0.383 e. The first-order valence-corrected chi connectivity index (χ1v) is 7.04. The molecule has 2 rings (SSSR count). The molecule has 0 bridgehead atoms. The number of aryl methyl sites for hydroxylation is 1. The van der Waals surface area contributed by atoms with E-state index in [0.717, 1.165) is 41.7 Å². The number of nitrogens with one attached hydrogen (secondary N) is 1. The second kappa shape index (κ2) is 7.43. The van der Waals surface area contributed by atoms with Gasteiger partial charge in [-0.25, -0.2) is 4.98 Å². The van der Waals surface area contributed by atoms with Crippen molar-refractivity contribution in [1.29, 1.82) is 0 Å². The number of halogens is 1. The van der Waals surface area contributed by atoms with Gasteiger partial charge >= 0.3 is 0 Å². The Morgan fingerprint density at radius 2 is 2.15 bits per heavy atom. The lowest BCUT2D eigenvalue weighted by Gasteiger charge is -2.12. The van der Waals surface area contributed by atoms with Crippen LogP contribution in [0.2, 0.25) is 5.02 Å². The van der Waals surface area contributed by atoms with E-state index in [1.165, 1.54) is 0 Å². The van der Waals surface area contributed by atoms with Crippen molar-refractivity contribution >= 4 is 11.6 Å². The van der Waals surface area contributed by atoms with Crippen molar-refractivity contribution in [3.63, 3.8) is 0 Å². The quantitative estimate of drug-likeness (QED) is 0.798. The summed E-state index contributed by atoms with van der Waals surface area (Å²) in [7, 11) is 1.70. The van der Waals surface area contributed by atoms with Gasteiger partial charge in [-0.05, 0) is 18.6 Å². The van der Waals surface area contributed by atoms with Gasteiger partial charge in [0.25, 0.3) is 0 Å². The van der Waals surface area contributed by atoms with Gasteiger partial charge in [0, 0.05) is 31.4 Å². The minimum atomic E-state index is 0.706. The number of hydrogen-bond donors (Lipinski definition) is 1. The molecule has 0 aliphatic rings. The Bertz CT molecular complexity index is 554. The first kappa shape index (κ1) is 15.0. The summed E-state index contributed by atoms with van der Waals surface area (Å²) in [5.74, 6) is 0.994. The third-order valence-electron chi connectivity index (χ3n) is 3.21. The van der Waals surface area contributed by atoms with Crippen LogP contribution >= 0.6 is 11.6 Å². The van der Waals surface area contributed by atoms with Crippen molar-refractivity contribution in [3.05, 3.63) is 52.6 Å². The molecule has 1 aromatic carbocycles. The maximum Gasteiger partial charge on any atom is 0.106 e. The van der Waals surface area contributed by atoms with E-state index < -0.39 is 0 Å². The van der Waals surface area contributed by atoms with E-state index in [1.54, 1.807) is 7.11 Å². The van der Waals surface area contributed by atoms with Crippen LogP contribution in [0.4, 0.5) is 0 Å². The zero-order valence-corrected chi connectivity index (χ0v) is 12.7. The highest BCUT2D eigenvalue weighted by Gasteiger charge is 2.08. The van der Waals surface area contributed by atoms with Crippen LogP contribution in [0.25, 0.3) is 0 Å². The zero-order valence-electron chi connectivity index (χ0n) is 11.9. The fourth-order valence-electron chi connectivity index (χ4n) is 2.06. The SMILES string of the molecule is COCCNCc1cnc(C)n1Cc1ccccc1Cl. The van der Waals surface area contributed by atoms with Crippen molar-refractivity contribution in [1.82, 2.24) is 14.9 Å². The minimum absolute atomic E-state index is 0.706. The Labute approximate surface area is 124 Å². The molecule has 0 spiro atoms. The highest BCUT2D eigenvalue weighted by Crippen LogP contribution is 2.18. The summed E-state index contributed by atoms with van der Waals surface area (Å²) >= 11 is 6.23. The third kappa shape index (κ3) is 3.82. The summed E-state index contributed by atoms with van der Waals surface area (Å²) < 4.78 is 7.21. The van der Waals surface area contributed by atoms with Crippen LogP contribution in [0.15, 0.2) is 30.5 Å². The Hall–Kier alpha value is -1.36. The lowest BCUT2D eigenvalue weighted by molar-refractivity contribution is 0.199. The summed E-state index contributed by atoms with van der Waals surface area (Å²) in [6.45, 7) is 5.06. The Kier molecular flexibility index (Phi) is 5.59. The maximum absolute atomic E-state index is 6.23. The lowest BCUT2D eigenvalue weighted by atomic mass is 10.2. The highest BCUT2D eigenvalue weighted by molar-refractivity contribution is 6.31. The predicted molar refractivity (Wildman–Crippen MR) is 81.1 cm³/mol. The first-order valence-electron chi connectivity index (χ1n) is 6.66. The maximum atomic E-state index is 6.23. The van der Waals surface area contributed by atoms with Crippen LogP contribution in [0.5, 0.6) is 0 Å². The van der Waals surface area contributed by atoms with Gasteiger partial charge in [0.1, 0.15) is 5.82 Å². The highest BCUT2D eigenvalue weighted by atomic mass is 35.5. The van der Waals surface area contributed by atoms with E-state index in [2.05, 4.69) is 14.9 Å². The summed E-state index contributed by atoms with van der Waals surface area (Å²) in [4.78, 5) is 4.39. The van der Waals surface area contributed by atoms with Crippen molar-refractivity contribution in [2.75, 3.05) is 20.3 Å². The second-order valence-electron chi connectivity index (χ2n) is 4.64. The van der Waals surface area contributed by atoms with E-state index in [-0.39, 0.29) is 0 Å². The molecule has 0 saturated heterocycles. The van der Waals surface area contributed by atoms with Crippen LogP contribution in [0, 0.1) is 6.92 Å². The number of methoxy groups -OCH3 is 1. The molecular formula is C15H20ClN3O. The van der Waals surface area contributed by atoms with Gasteiger partial charge in [-0.15, -0.1) is 0 Å². The van der Waals surface area contributed by atoms with Gasteiger partial charge in [0.15, 0.2) is 0 Å². The molecule has 0 aliphatic heterocycles. The molecule has 1 N–H and O–H groups in total. The number of benzene rings is 1. The van der Waals surface area contributed by atoms with Gasteiger partial charge in [0.2, 0.25) is 0 Å². The fraction of sp³-hybridized carbons (Fsp3) is 0.400. The summed E-state index contributed by atoms with van der Waals surface area (Å²) in [5, 5.41) is 4.13. The van der Waals surface area contributed by atoms with Crippen LogP contribution in [-0.2, 0) is 17.8 Å². The van der Waals surface area contributed by atoms with Crippen molar-refractivity contribution in [2.45, 2.75) is 20.0 Å². The van der Waals surface area contributed by atoms with E-state index in [1.807, 2.05) is 37.4 Å². The average Bonchev–Trinajstić information content (AvgIpc) is 2.79. The largest absolute Gasteiger partial charge is 0.383 e. The number of hydrogen-bond acceptors (Lipinski definition) is 3. The molecule has 1 aromatic heterocycles. The molecule has 1 heterocycles. The smallest absolute Gasteiger partial charge is 0.106 e. The summed E-state index contributed by atoms with van der Waals surface area (Å²) in [5.41, 5.74) is 2.26. The molecule has 0 aliphatic carbocycles. The van der Waals surface area contributed by atoms with Crippen LogP contribution in [0.1, 0.15) is 17.1 Å². The Morgan fingerprint density at radius 3 is 2.90 bits per heavy atom. The second-order valence-corrected chi connectivity index (χ2v) is 5.05.